The Bertz CT molecular complexity index is 922. The first-order valence-electron chi connectivity index (χ1n) is 10.6. The van der Waals surface area contributed by atoms with Crippen molar-refractivity contribution in [3.63, 3.8) is 0 Å². The van der Waals surface area contributed by atoms with Crippen LogP contribution in [0.25, 0.3) is 10.1 Å². The quantitative estimate of drug-likeness (QED) is 0.409. The van der Waals surface area contributed by atoms with E-state index in [1.165, 1.54) is 28.5 Å². The molecule has 7 heteroatoms. The number of piperazine rings is 1. The summed E-state index contributed by atoms with van der Waals surface area (Å²) >= 11 is 1.80. The lowest BCUT2D eigenvalue weighted by Gasteiger charge is -2.36. The molecule has 1 aromatic carbocycles. The highest BCUT2D eigenvalue weighted by Crippen LogP contribution is 2.31. The Morgan fingerprint density at radius 2 is 1.93 bits per heavy atom. The van der Waals surface area contributed by atoms with E-state index >= 15 is 0 Å². The summed E-state index contributed by atoms with van der Waals surface area (Å²) in [5, 5.41) is 3.53. The lowest BCUT2D eigenvalue weighted by atomic mass is 10.2. The minimum atomic E-state index is 0.344. The standard InChI is InChI=1S/C20H22N4O2S.C3H8/c25-14-16-13-20(22-15-21-16)26-11-2-6-23-7-9-24(10-8-23)18-3-1-4-19-17(18)5-12-27-19;1-3-2/h1,3-5,12-15H,2,6-11H2;3H2,1-2H3. The average molecular weight is 427 g/mol. The fraction of sp³-hybridized carbons (Fsp3) is 0.435. The molecule has 0 spiro atoms. The molecule has 1 aliphatic rings. The van der Waals surface area contributed by atoms with Crippen LogP contribution in [-0.2, 0) is 0 Å². The number of anilines is 1. The summed E-state index contributed by atoms with van der Waals surface area (Å²) in [6, 6.07) is 10.4. The molecule has 0 N–H and O–H groups in total. The summed E-state index contributed by atoms with van der Waals surface area (Å²) in [6.45, 7) is 10.0. The maximum absolute atomic E-state index is 10.7. The predicted molar refractivity (Wildman–Crippen MR) is 124 cm³/mol. The van der Waals surface area contributed by atoms with Crippen LogP contribution < -0.4 is 9.64 Å². The third-order valence-corrected chi connectivity index (χ3v) is 5.72. The second-order valence-electron chi connectivity index (χ2n) is 7.25. The normalized spacial score (nSPS) is 14.3. The van der Waals surface area contributed by atoms with Crippen molar-refractivity contribution >= 4 is 33.4 Å². The Kier molecular flexibility index (Phi) is 8.59. The highest BCUT2D eigenvalue weighted by atomic mass is 32.1. The number of thiophene rings is 1. The van der Waals surface area contributed by atoms with E-state index in [-0.39, 0.29) is 0 Å². The van der Waals surface area contributed by atoms with Crippen molar-refractivity contribution in [2.24, 2.45) is 0 Å². The number of hydrogen-bond acceptors (Lipinski definition) is 7. The van der Waals surface area contributed by atoms with Crippen LogP contribution in [0.5, 0.6) is 5.88 Å². The Labute approximate surface area is 182 Å². The van der Waals surface area contributed by atoms with Crippen LogP contribution >= 0.6 is 11.3 Å². The zero-order valence-corrected chi connectivity index (χ0v) is 18.6. The number of hydrogen-bond donors (Lipinski definition) is 0. The van der Waals surface area contributed by atoms with E-state index < -0.39 is 0 Å². The van der Waals surface area contributed by atoms with E-state index in [4.69, 9.17) is 4.74 Å². The van der Waals surface area contributed by atoms with Gasteiger partial charge in [-0.3, -0.25) is 9.69 Å². The lowest BCUT2D eigenvalue weighted by Crippen LogP contribution is -2.46. The second kappa shape index (κ2) is 11.6. The van der Waals surface area contributed by atoms with Crippen LogP contribution in [0.15, 0.2) is 42.0 Å². The molecule has 1 aliphatic heterocycles. The van der Waals surface area contributed by atoms with Crippen LogP contribution in [0.1, 0.15) is 37.2 Å². The molecule has 30 heavy (non-hydrogen) atoms. The average Bonchev–Trinajstić information content (AvgIpc) is 3.27. The van der Waals surface area contributed by atoms with Crippen molar-refractivity contribution in [2.75, 3.05) is 44.2 Å². The third-order valence-electron chi connectivity index (χ3n) is 4.84. The molecule has 4 rings (SSSR count). The molecule has 6 nitrogen and oxygen atoms in total. The fourth-order valence-corrected chi connectivity index (χ4v) is 4.24. The summed E-state index contributed by atoms with van der Waals surface area (Å²) in [6.07, 6.45) is 4.23. The van der Waals surface area contributed by atoms with Crippen LogP contribution in [0, 0.1) is 0 Å². The van der Waals surface area contributed by atoms with E-state index in [9.17, 15) is 4.79 Å². The van der Waals surface area contributed by atoms with Crippen molar-refractivity contribution in [3.8, 4) is 5.88 Å². The molecule has 160 valence electrons. The number of carbonyl (C=O) groups is 1. The number of fused-ring (bicyclic) bond motifs is 1. The Morgan fingerprint density at radius 1 is 1.13 bits per heavy atom. The first-order chi connectivity index (χ1) is 14.7. The van der Waals surface area contributed by atoms with E-state index in [0.717, 1.165) is 39.1 Å². The van der Waals surface area contributed by atoms with Gasteiger partial charge < -0.3 is 9.64 Å². The molecule has 3 heterocycles. The predicted octanol–water partition coefficient (Wildman–Crippen LogP) is 4.51. The van der Waals surface area contributed by atoms with Gasteiger partial charge in [-0.05, 0) is 30.0 Å². The number of aldehydes is 1. The molecule has 0 aliphatic carbocycles. The van der Waals surface area contributed by atoms with Crippen molar-refractivity contribution < 1.29 is 9.53 Å². The molecule has 1 saturated heterocycles. The zero-order valence-electron chi connectivity index (χ0n) is 17.8. The molecule has 0 amide bonds. The fourth-order valence-electron chi connectivity index (χ4n) is 3.43. The summed E-state index contributed by atoms with van der Waals surface area (Å²) in [4.78, 5) is 23.6. The first-order valence-corrected chi connectivity index (χ1v) is 11.5. The molecule has 3 aromatic rings. The van der Waals surface area contributed by atoms with Crippen molar-refractivity contribution in [1.29, 1.82) is 0 Å². The van der Waals surface area contributed by atoms with Crippen LogP contribution in [0.2, 0.25) is 0 Å². The smallest absolute Gasteiger partial charge is 0.217 e. The third kappa shape index (κ3) is 6.00. The largest absolute Gasteiger partial charge is 0.478 e. The maximum Gasteiger partial charge on any atom is 0.217 e. The molecule has 1 fully saturated rings. The Hall–Kier alpha value is -2.51. The van der Waals surface area contributed by atoms with E-state index in [0.29, 0.717) is 24.5 Å². The minimum Gasteiger partial charge on any atom is -0.478 e. The van der Waals surface area contributed by atoms with Crippen molar-refractivity contribution in [3.05, 3.63) is 47.7 Å². The second-order valence-corrected chi connectivity index (χ2v) is 8.19. The lowest BCUT2D eigenvalue weighted by molar-refractivity contribution is 0.111. The number of nitrogens with zero attached hydrogens (tertiary/aromatic N) is 4. The van der Waals surface area contributed by atoms with Gasteiger partial charge in [0.1, 0.15) is 12.0 Å². The van der Waals surface area contributed by atoms with Gasteiger partial charge in [0.25, 0.3) is 0 Å². The zero-order chi connectivity index (χ0) is 21.2. The van der Waals surface area contributed by atoms with E-state index in [1.54, 1.807) is 17.4 Å². The SMILES string of the molecule is CCC.O=Cc1cc(OCCCN2CCN(c3cccc4sccc34)CC2)ncn1. The summed E-state index contributed by atoms with van der Waals surface area (Å²) < 4.78 is 6.98. The molecule has 2 aromatic heterocycles. The highest BCUT2D eigenvalue weighted by molar-refractivity contribution is 7.17. The van der Waals surface area contributed by atoms with E-state index in [2.05, 4.69) is 63.3 Å². The number of ether oxygens (including phenoxy) is 1. The van der Waals surface area contributed by atoms with Gasteiger partial charge in [0.05, 0.1) is 6.61 Å². The van der Waals surface area contributed by atoms with Gasteiger partial charge in [-0.25, -0.2) is 9.97 Å². The molecule has 0 bridgehead atoms. The van der Waals surface area contributed by atoms with Gasteiger partial charge in [-0.1, -0.05) is 26.3 Å². The maximum atomic E-state index is 10.7. The van der Waals surface area contributed by atoms with Gasteiger partial charge in [0.2, 0.25) is 5.88 Å². The van der Waals surface area contributed by atoms with Crippen LogP contribution in [0.3, 0.4) is 0 Å². The summed E-state index contributed by atoms with van der Waals surface area (Å²) in [5.41, 5.74) is 1.70. The van der Waals surface area contributed by atoms with Gasteiger partial charge in [0, 0.05) is 54.6 Å². The monoisotopic (exact) mass is 426 g/mol. The van der Waals surface area contributed by atoms with Gasteiger partial charge in [0.15, 0.2) is 6.29 Å². The highest BCUT2D eigenvalue weighted by Gasteiger charge is 2.18. The molecular weight excluding hydrogens is 396 g/mol. The number of carbonyl (C=O) groups excluding carboxylic acids is 1. The Balaban J connectivity index is 0.000000806. The molecular formula is C23H30N4O2S. The number of rotatable bonds is 7. The molecule has 0 saturated carbocycles. The minimum absolute atomic E-state index is 0.344. The summed E-state index contributed by atoms with van der Waals surface area (Å²) in [7, 11) is 0. The van der Waals surface area contributed by atoms with E-state index in [1.807, 2.05) is 0 Å². The first kappa shape index (κ1) is 22.2. The van der Waals surface area contributed by atoms with Crippen LogP contribution in [0.4, 0.5) is 5.69 Å². The van der Waals surface area contributed by atoms with Crippen LogP contribution in [-0.4, -0.2) is 60.5 Å². The topological polar surface area (TPSA) is 58.6 Å². The molecule has 0 radical (unpaired) electrons. The van der Waals surface area contributed by atoms with Crippen molar-refractivity contribution in [1.82, 2.24) is 14.9 Å². The van der Waals surface area contributed by atoms with Gasteiger partial charge in [-0.15, -0.1) is 11.3 Å². The Morgan fingerprint density at radius 3 is 2.70 bits per heavy atom. The number of benzene rings is 1. The molecule has 0 unspecified atom stereocenters. The van der Waals surface area contributed by atoms with Gasteiger partial charge >= 0.3 is 0 Å². The van der Waals surface area contributed by atoms with Crippen molar-refractivity contribution in [2.45, 2.75) is 26.7 Å². The number of aromatic nitrogens is 2. The summed E-state index contributed by atoms with van der Waals surface area (Å²) in [5.74, 6) is 0.459. The molecule has 0 atom stereocenters. The van der Waals surface area contributed by atoms with Gasteiger partial charge in [-0.2, -0.15) is 0 Å².